The standard InChI is InChI=1S/C25H23Cl3N2O/c1-17-6-11-23(22(28)14-17)30-13-12-29(16-24(30)18-7-9-20(26)10-8-18)25(31)15-19-4-2-3-5-21(19)27/h2-11,14,24H,12-13,15-16H2,1H3. The summed E-state index contributed by atoms with van der Waals surface area (Å²) in [6.07, 6.45) is 0.290. The van der Waals surface area contributed by atoms with Crippen molar-refractivity contribution in [2.45, 2.75) is 19.4 Å². The molecule has 160 valence electrons. The molecule has 4 rings (SSSR count). The highest BCUT2D eigenvalue weighted by atomic mass is 35.5. The third-order valence-corrected chi connectivity index (χ3v) is 6.62. The Morgan fingerprint density at radius 2 is 1.68 bits per heavy atom. The molecule has 0 aromatic heterocycles. The molecule has 1 atom stereocenters. The van der Waals surface area contributed by atoms with Crippen molar-refractivity contribution in [3.63, 3.8) is 0 Å². The summed E-state index contributed by atoms with van der Waals surface area (Å²) in [5.41, 5.74) is 4.04. The molecule has 0 spiro atoms. The fourth-order valence-electron chi connectivity index (χ4n) is 4.03. The minimum absolute atomic E-state index is 0.0265. The molecule has 31 heavy (non-hydrogen) atoms. The Morgan fingerprint density at radius 3 is 2.39 bits per heavy atom. The van der Waals surface area contributed by atoms with Gasteiger partial charge in [-0.25, -0.2) is 0 Å². The molecule has 3 aromatic rings. The zero-order valence-corrected chi connectivity index (χ0v) is 19.5. The smallest absolute Gasteiger partial charge is 0.227 e. The van der Waals surface area contributed by atoms with Crippen molar-refractivity contribution in [2.24, 2.45) is 0 Å². The van der Waals surface area contributed by atoms with Gasteiger partial charge in [-0.15, -0.1) is 0 Å². The maximum atomic E-state index is 13.1. The van der Waals surface area contributed by atoms with E-state index in [1.165, 1.54) is 0 Å². The topological polar surface area (TPSA) is 23.6 Å². The van der Waals surface area contributed by atoms with Gasteiger partial charge in [0.25, 0.3) is 0 Å². The molecule has 0 bridgehead atoms. The largest absolute Gasteiger partial charge is 0.360 e. The van der Waals surface area contributed by atoms with Gasteiger partial charge < -0.3 is 9.80 Å². The van der Waals surface area contributed by atoms with Crippen LogP contribution in [-0.4, -0.2) is 30.4 Å². The van der Waals surface area contributed by atoms with Crippen LogP contribution in [0.15, 0.2) is 66.7 Å². The summed E-state index contributed by atoms with van der Waals surface area (Å²) in [5, 5.41) is 2.02. The molecule has 1 aliphatic heterocycles. The number of anilines is 1. The van der Waals surface area contributed by atoms with Gasteiger partial charge in [0.1, 0.15) is 0 Å². The Bertz CT molecular complexity index is 1080. The van der Waals surface area contributed by atoms with Crippen LogP contribution < -0.4 is 4.90 Å². The molecule has 0 aliphatic carbocycles. The number of aryl methyl sites for hydroxylation is 1. The highest BCUT2D eigenvalue weighted by Crippen LogP contribution is 2.36. The Balaban J connectivity index is 1.61. The van der Waals surface area contributed by atoms with Crippen molar-refractivity contribution in [1.29, 1.82) is 0 Å². The average Bonchev–Trinajstić information content (AvgIpc) is 2.76. The van der Waals surface area contributed by atoms with E-state index in [9.17, 15) is 4.79 Å². The van der Waals surface area contributed by atoms with E-state index in [0.29, 0.717) is 29.7 Å². The minimum Gasteiger partial charge on any atom is -0.360 e. The third kappa shape index (κ3) is 5.01. The van der Waals surface area contributed by atoms with Gasteiger partial charge in [0.05, 0.1) is 23.2 Å². The molecule has 0 saturated carbocycles. The van der Waals surface area contributed by atoms with Gasteiger partial charge in [-0.3, -0.25) is 4.79 Å². The van der Waals surface area contributed by atoms with Gasteiger partial charge in [-0.2, -0.15) is 0 Å². The number of hydrogen-bond donors (Lipinski definition) is 0. The highest BCUT2D eigenvalue weighted by molar-refractivity contribution is 6.33. The van der Waals surface area contributed by atoms with Gasteiger partial charge in [0.15, 0.2) is 0 Å². The quantitative estimate of drug-likeness (QED) is 0.427. The van der Waals surface area contributed by atoms with Crippen LogP contribution in [0.5, 0.6) is 0 Å². The Kier molecular flexibility index (Phi) is 6.76. The molecule has 6 heteroatoms. The Morgan fingerprint density at radius 1 is 0.935 bits per heavy atom. The Hall–Kier alpha value is -2.20. The van der Waals surface area contributed by atoms with Crippen LogP contribution >= 0.6 is 34.8 Å². The summed E-state index contributed by atoms with van der Waals surface area (Å²) in [6, 6.07) is 21.4. The SMILES string of the molecule is Cc1ccc(N2CCN(C(=O)Cc3ccccc3Cl)CC2c2ccc(Cl)cc2)c(Cl)c1. The van der Waals surface area contributed by atoms with E-state index >= 15 is 0 Å². The molecule has 1 heterocycles. The van der Waals surface area contributed by atoms with Crippen molar-refractivity contribution in [3.8, 4) is 0 Å². The second kappa shape index (κ2) is 9.52. The lowest BCUT2D eigenvalue weighted by Crippen LogP contribution is -2.51. The van der Waals surface area contributed by atoms with Gasteiger partial charge in [-0.05, 0) is 53.9 Å². The molecule has 0 radical (unpaired) electrons. The van der Waals surface area contributed by atoms with Crippen LogP contribution in [-0.2, 0) is 11.2 Å². The van der Waals surface area contributed by atoms with Crippen LogP contribution in [0.1, 0.15) is 22.7 Å². The molecule has 1 aliphatic rings. The van der Waals surface area contributed by atoms with E-state index < -0.39 is 0 Å². The molecular weight excluding hydrogens is 451 g/mol. The maximum Gasteiger partial charge on any atom is 0.227 e. The summed E-state index contributed by atoms with van der Waals surface area (Å²) in [7, 11) is 0. The number of benzene rings is 3. The van der Waals surface area contributed by atoms with Crippen LogP contribution in [0.25, 0.3) is 0 Å². The van der Waals surface area contributed by atoms with Crippen LogP contribution in [0, 0.1) is 6.92 Å². The average molecular weight is 474 g/mol. The summed E-state index contributed by atoms with van der Waals surface area (Å²) in [6.45, 7) is 3.90. The molecule has 3 aromatic carbocycles. The number of hydrogen-bond acceptors (Lipinski definition) is 2. The lowest BCUT2D eigenvalue weighted by Gasteiger charge is -2.43. The zero-order chi connectivity index (χ0) is 22.0. The molecule has 3 nitrogen and oxygen atoms in total. The fourth-order valence-corrected chi connectivity index (χ4v) is 4.70. The number of carbonyl (C=O) groups is 1. The molecular formula is C25H23Cl3N2O. The van der Waals surface area contributed by atoms with Gasteiger partial charge in [0.2, 0.25) is 5.91 Å². The molecule has 1 fully saturated rings. The van der Waals surface area contributed by atoms with Gasteiger partial charge >= 0.3 is 0 Å². The zero-order valence-electron chi connectivity index (χ0n) is 17.2. The van der Waals surface area contributed by atoms with Gasteiger partial charge in [0, 0.05) is 29.7 Å². The van der Waals surface area contributed by atoms with Crippen molar-refractivity contribution < 1.29 is 4.79 Å². The van der Waals surface area contributed by atoms with Crippen LogP contribution in [0.3, 0.4) is 0 Å². The van der Waals surface area contributed by atoms with E-state index in [0.717, 1.165) is 27.4 Å². The van der Waals surface area contributed by atoms with E-state index in [-0.39, 0.29) is 18.4 Å². The highest BCUT2D eigenvalue weighted by Gasteiger charge is 2.32. The fraction of sp³-hybridized carbons (Fsp3) is 0.240. The number of piperazine rings is 1. The molecule has 1 unspecified atom stereocenters. The Labute approximate surface area is 198 Å². The predicted octanol–water partition coefficient (Wildman–Crippen LogP) is 6.59. The predicted molar refractivity (Wildman–Crippen MR) is 129 cm³/mol. The first kappa shape index (κ1) is 22.0. The van der Waals surface area contributed by atoms with Crippen molar-refractivity contribution in [3.05, 3.63) is 98.5 Å². The lowest BCUT2D eigenvalue weighted by atomic mass is 10.00. The normalized spacial score (nSPS) is 16.5. The summed E-state index contributed by atoms with van der Waals surface area (Å²) >= 11 is 19.0. The van der Waals surface area contributed by atoms with Crippen molar-refractivity contribution >= 4 is 46.4 Å². The molecule has 1 amide bonds. The monoisotopic (exact) mass is 472 g/mol. The third-order valence-electron chi connectivity index (χ3n) is 5.70. The molecule has 0 N–H and O–H groups in total. The maximum absolute atomic E-state index is 13.1. The van der Waals surface area contributed by atoms with E-state index in [1.807, 2.05) is 66.4 Å². The number of halogens is 3. The first-order valence-electron chi connectivity index (χ1n) is 10.2. The number of rotatable bonds is 4. The first-order valence-corrected chi connectivity index (χ1v) is 11.3. The van der Waals surface area contributed by atoms with Crippen LogP contribution in [0.2, 0.25) is 15.1 Å². The van der Waals surface area contributed by atoms with Gasteiger partial charge in [-0.1, -0.05) is 71.2 Å². The molecule has 1 saturated heterocycles. The summed E-state index contributed by atoms with van der Waals surface area (Å²) < 4.78 is 0. The number of amides is 1. The number of nitrogens with zero attached hydrogens (tertiary/aromatic N) is 2. The minimum atomic E-state index is -0.0265. The van der Waals surface area contributed by atoms with Crippen LogP contribution in [0.4, 0.5) is 5.69 Å². The lowest BCUT2D eigenvalue weighted by molar-refractivity contribution is -0.131. The number of carbonyl (C=O) groups excluding carboxylic acids is 1. The summed E-state index contributed by atoms with van der Waals surface area (Å²) in [5.74, 6) is 0.0710. The van der Waals surface area contributed by atoms with E-state index in [1.54, 1.807) is 0 Å². The van der Waals surface area contributed by atoms with E-state index in [2.05, 4.69) is 17.0 Å². The summed E-state index contributed by atoms with van der Waals surface area (Å²) in [4.78, 5) is 17.3. The second-order valence-corrected chi connectivity index (χ2v) is 9.07. The van der Waals surface area contributed by atoms with E-state index in [4.69, 9.17) is 34.8 Å². The van der Waals surface area contributed by atoms with Crippen molar-refractivity contribution in [2.75, 3.05) is 24.5 Å². The van der Waals surface area contributed by atoms with Crippen molar-refractivity contribution in [1.82, 2.24) is 4.90 Å². The second-order valence-electron chi connectivity index (χ2n) is 7.82. The first-order chi connectivity index (χ1) is 14.9.